The maximum absolute atomic E-state index is 14.8. The van der Waals surface area contributed by atoms with Crippen LogP contribution in [0.25, 0.3) is 0 Å². The lowest BCUT2D eigenvalue weighted by Gasteiger charge is -2.52. The van der Waals surface area contributed by atoms with E-state index < -0.39 is 200 Å². The fraction of sp³-hybridized carbons (Fsp3) is 0.607. The molecule has 0 aromatic heterocycles. The van der Waals surface area contributed by atoms with Crippen molar-refractivity contribution in [2.45, 2.75) is 209 Å². The van der Waals surface area contributed by atoms with Crippen LogP contribution in [0.5, 0.6) is 0 Å². The van der Waals surface area contributed by atoms with Crippen LogP contribution in [0, 0.1) is 10.8 Å². The fourth-order valence-electron chi connectivity index (χ4n) is 9.95. The summed E-state index contributed by atoms with van der Waals surface area (Å²) in [5, 5.41) is 0. The Morgan fingerprint density at radius 2 is 0.833 bits per heavy atom. The number of ether oxygens (including phenoxy) is 16. The topological polar surface area (TPSA) is 356 Å². The normalized spacial score (nSPS) is 27.8. The first-order chi connectivity index (χ1) is 42.0. The van der Waals surface area contributed by atoms with Gasteiger partial charge in [-0.1, -0.05) is 36.4 Å². The third kappa shape index (κ3) is 18.4. The van der Waals surface area contributed by atoms with Gasteiger partial charge < -0.3 is 75.8 Å². The van der Waals surface area contributed by atoms with Gasteiger partial charge in [0.2, 0.25) is 0 Å². The molecule has 3 saturated heterocycles. The molecule has 0 aliphatic carbocycles. The van der Waals surface area contributed by atoms with Crippen LogP contribution in [0.1, 0.15) is 142 Å². The number of amides is 2. The molecule has 2 amide bonds. The van der Waals surface area contributed by atoms with Crippen LogP contribution < -0.4 is 0 Å². The van der Waals surface area contributed by atoms with Crippen molar-refractivity contribution >= 4 is 71.5 Å². The lowest BCUT2D eigenvalue weighted by molar-refractivity contribution is -0.386. The number of hydrogen-bond donors (Lipinski definition) is 0. The van der Waals surface area contributed by atoms with Gasteiger partial charge in [0.15, 0.2) is 55.5 Å². The SMILES string of the molecule is CC(=O)OCc1ccc(C(C)O[C@@H]2O[C@H](COC(=O)C(C)(C)C)[C@H](O[C@@H]3O[C@H](COC(C)=O)[C@@H](OC(C)=O)[C@H](OC(C)=O)[C@H]3N3C(=O)c4ccccc4C3=O)[C@H](O[C@@H]3O[C@H](COC(C)=O)[C@@H](OC(C)=O)[C@H](OC(C)=O)[C@H]3OC(C)=O)[C@H]2OC(=O)C(C)(C)C)cc1. The highest BCUT2D eigenvalue weighted by Crippen LogP contribution is 2.42. The maximum Gasteiger partial charge on any atom is 0.311 e. The summed E-state index contributed by atoms with van der Waals surface area (Å²) in [6, 6.07) is 10.1. The Hall–Kier alpha value is -7.96. The van der Waals surface area contributed by atoms with Gasteiger partial charge in [-0.05, 0) is 71.7 Å². The molecule has 2 aromatic rings. The quantitative estimate of drug-likeness (QED) is 0.0919. The molecule has 0 radical (unpaired) electrons. The van der Waals surface area contributed by atoms with Gasteiger partial charge in [-0.15, -0.1) is 0 Å². The maximum atomic E-state index is 14.8. The van der Waals surface area contributed by atoms with E-state index in [1.807, 2.05) is 0 Å². The van der Waals surface area contributed by atoms with Gasteiger partial charge in [-0.3, -0.25) is 62.4 Å². The van der Waals surface area contributed by atoms with Crippen molar-refractivity contribution < 1.29 is 133 Å². The monoisotopic (exact) mass is 1270 g/mol. The highest BCUT2D eigenvalue weighted by molar-refractivity contribution is 6.21. The third-order valence-corrected chi connectivity index (χ3v) is 14.0. The van der Waals surface area contributed by atoms with Crippen molar-refractivity contribution in [2.24, 2.45) is 10.8 Å². The zero-order valence-corrected chi connectivity index (χ0v) is 52.6. The summed E-state index contributed by atoms with van der Waals surface area (Å²) < 4.78 is 97.7. The highest BCUT2D eigenvalue weighted by Gasteiger charge is 2.62. The van der Waals surface area contributed by atoms with Crippen molar-refractivity contribution in [3.05, 3.63) is 70.8 Å². The van der Waals surface area contributed by atoms with E-state index in [2.05, 4.69) is 0 Å². The number of rotatable bonds is 22. The molecule has 3 fully saturated rings. The predicted molar refractivity (Wildman–Crippen MR) is 299 cm³/mol. The molecule has 4 heterocycles. The summed E-state index contributed by atoms with van der Waals surface area (Å²) in [5.74, 6) is -11.2. The number of benzene rings is 2. The van der Waals surface area contributed by atoms with Crippen molar-refractivity contribution in [2.75, 3.05) is 19.8 Å². The molecule has 4 aliphatic rings. The lowest BCUT2D eigenvalue weighted by atomic mass is 9.93. The highest BCUT2D eigenvalue weighted by atomic mass is 16.8. The number of carbonyl (C=O) groups excluding carboxylic acids is 12. The van der Waals surface area contributed by atoms with E-state index in [4.69, 9.17) is 75.8 Å². The van der Waals surface area contributed by atoms with Crippen molar-refractivity contribution in [3.63, 3.8) is 0 Å². The second kappa shape index (κ2) is 30.2. The van der Waals surface area contributed by atoms with Crippen LogP contribution in [-0.4, -0.2) is 188 Å². The smallest absolute Gasteiger partial charge is 0.311 e. The van der Waals surface area contributed by atoms with Gasteiger partial charge in [0.1, 0.15) is 63.0 Å². The van der Waals surface area contributed by atoms with Gasteiger partial charge in [0.25, 0.3) is 11.8 Å². The first kappa shape index (κ1) is 71.1. The van der Waals surface area contributed by atoms with Crippen molar-refractivity contribution in [1.29, 1.82) is 0 Å². The van der Waals surface area contributed by atoms with Gasteiger partial charge in [-0.25, -0.2) is 0 Å². The van der Waals surface area contributed by atoms with Crippen LogP contribution in [-0.2, 0) is 130 Å². The minimum Gasteiger partial charge on any atom is -0.463 e. The first-order valence-electron chi connectivity index (χ1n) is 28.7. The first-order valence-corrected chi connectivity index (χ1v) is 28.7. The zero-order chi connectivity index (χ0) is 66.9. The molecule has 29 heteroatoms. The molecule has 16 atom stereocenters. The number of carbonyl (C=O) groups is 12. The van der Waals surface area contributed by atoms with E-state index in [0.29, 0.717) is 16.0 Å². The molecule has 6 rings (SSSR count). The lowest BCUT2D eigenvalue weighted by Crippen LogP contribution is -2.71. The number of hydrogen-bond acceptors (Lipinski definition) is 28. The zero-order valence-electron chi connectivity index (χ0n) is 52.6. The standard InChI is InChI=1S/C61H77NO28/c1-28(38-22-20-37(21-23-38)24-75-29(2)63)79-56-52(90-59(74)61(13,14)15)50(89-57-51(84-36(9)70)49(83-35(8)69)46(81-33(6)67)42(87-57)26-77-31(4)65)47(43(86-56)27-78-58(73)60(10,11)12)88-55-44(62-53(71)39-18-16-17-19-40(39)54(62)72)48(82-34(7)68)45(80-32(5)66)41(85-55)25-76-30(3)64/h16-23,28,41-52,55-57H,24-27H2,1-15H3/t28?,41-,42-,43-,44-,45-,46-,47+,48-,49+,50+,51-,52-,55+,56-,57+/m1/s1. The van der Waals surface area contributed by atoms with Crippen LogP contribution >= 0.6 is 0 Å². The van der Waals surface area contributed by atoms with E-state index >= 15 is 0 Å². The van der Waals surface area contributed by atoms with E-state index in [1.165, 1.54) is 72.7 Å². The molecular formula is C61H77NO28. The third-order valence-electron chi connectivity index (χ3n) is 14.0. The number of nitrogens with zero attached hydrogens (tertiary/aromatic N) is 1. The predicted octanol–water partition coefficient (Wildman–Crippen LogP) is 3.77. The fourth-order valence-corrected chi connectivity index (χ4v) is 9.95. The Balaban J connectivity index is 1.68. The van der Waals surface area contributed by atoms with Crippen LogP contribution in [0.4, 0.5) is 0 Å². The molecule has 0 saturated carbocycles. The van der Waals surface area contributed by atoms with E-state index in [9.17, 15) is 57.5 Å². The summed E-state index contributed by atoms with van der Waals surface area (Å²) in [7, 11) is 0. The minimum absolute atomic E-state index is 0.0782. The molecule has 494 valence electrons. The van der Waals surface area contributed by atoms with Crippen LogP contribution in [0.15, 0.2) is 48.5 Å². The van der Waals surface area contributed by atoms with Gasteiger partial charge in [0.05, 0.1) is 28.1 Å². The van der Waals surface area contributed by atoms with Crippen molar-refractivity contribution in [3.8, 4) is 0 Å². The van der Waals surface area contributed by atoms with Crippen LogP contribution in [0.2, 0.25) is 0 Å². The molecule has 2 aromatic carbocycles. The van der Waals surface area contributed by atoms with E-state index in [1.54, 1.807) is 31.2 Å². The molecule has 1 unspecified atom stereocenters. The Morgan fingerprint density at radius 1 is 0.433 bits per heavy atom. The summed E-state index contributed by atoms with van der Waals surface area (Å²) in [6.07, 6.45) is -28.1. The Kier molecular flexibility index (Phi) is 23.9. The van der Waals surface area contributed by atoms with Crippen LogP contribution in [0.3, 0.4) is 0 Å². The Labute approximate surface area is 518 Å². The molecule has 4 aliphatic heterocycles. The Bertz CT molecular complexity index is 2970. The average molecular weight is 1270 g/mol. The van der Waals surface area contributed by atoms with Gasteiger partial charge >= 0.3 is 59.7 Å². The average Bonchev–Trinajstić information content (AvgIpc) is 1.38. The molecule has 0 N–H and O–H groups in total. The van der Waals surface area contributed by atoms with Crippen molar-refractivity contribution in [1.82, 2.24) is 4.90 Å². The molecule has 0 bridgehead atoms. The summed E-state index contributed by atoms with van der Waals surface area (Å²) in [4.78, 5) is 161. The summed E-state index contributed by atoms with van der Waals surface area (Å²) in [5.41, 5.74) is -1.86. The second-order valence-electron chi connectivity index (χ2n) is 23.6. The Morgan fingerprint density at radius 3 is 1.31 bits per heavy atom. The molecule has 29 nitrogen and oxygen atoms in total. The number of imide groups is 1. The summed E-state index contributed by atoms with van der Waals surface area (Å²) in [6.45, 7) is 16.4. The summed E-state index contributed by atoms with van der Waals surface area (Å²) >= 11 is 0. The second-order valence-corrected chi connectivity index (χ2v) is 23.6. The van der Waals surface area contributed by atoms with E-state index in [0.717, 1.165) is 48.5 Å². The molecular weight excluding hydrogens is 1190 g/mol. The minimum atomic E-state index is -2.22. The van der Waals surface area contributed by atoms with E-state index in [-0.39, 0.29) is 17.7 Å². The number of esters is 10. The van der Waals surface area contributed by atoms with Gasteiger partial charge in [-0.2, -0.15) is 0 Å². The number of fused-ring (bicyclic) bond motifs is 1. The molecule has 90 heavy (non-hydrogen) atoms. The largest absolute Gasteiger partial charge is 0.463 e. The van der Waals surface area contributed by atoms with Gasteiger partial charge in [0, 0.05) is 55.4 Å². The molecule has 0 spiro atoms.